The lowest BCUT2D eigenvalue weighted by molar-refractivity contribution is 0.244. The van der Waals surface area contributed by atoms with Crippen molar-refractivity contribution in [2.45, 2.75) is 13.0 Å². The lowest BCUT2D eigenvalue weighted by Gasteiger charge is -2.03. The van der Waals surface area contributed by atoms with Gasteiger partial charge in [0.1, 0.15) is 6.04 Å². The van der Waals surface area contributed by atoms with Crippen LogP contribution < -0.4 is 16.6 Å². The Hall–Kier alpha value is -1.28. The third kappa shape index (κ3) is 4.58. The molecule has 9 heavy (non-hydrogen) atoms. The van der Waals surface area contributed by atoms with Crippen molar-refractivity contribution >= 4 is 6.03 Å². The van der Waals surface area contributed by atoms with Crippen molar-refractivity contribution in [2.24, 2.45) is 5.73 Å². The Balaban J connectivity index is 3.30. The number of nitrogens with two attached hydrogens (primary N) is 1. The summed E-state index contributed by atoms with van der Waals surface area (Å²) in [6.07, 6.45) is 0. The first-order valence-corrected chi connectivity index (χ1v) is 2.37. The molecule has 2 amide bonds. The Morgan fingerprint density at radius 1 is 1.89 bits per heavy atom. The van der Waals surface area contributed by atoms with Gasteiger partial charge in [-0.1, -0.05) is 0 Å². The second kappa shape index (κ2) is 3.69. The molecule has 1 unspecified atom stereocenters. The van der Waals surface area contributed by atoms with Crippen molar-refractivity contribution in [1.82, 2.24) is 10.9 Å². The van der Waals surface area contributed by atoms with E-state index in [1.165, 1.54) is 0 Å². The Morgan fingerprint density at radius 3 is 2.78 bits per heavy atom. The molecule has 0 spiro atoms. The second-order valence-electron chi connectivity index (χ2n) is 1.48. The molecule has 0 saturated carbocycles. The smallest absolute Gasteiger partial charge is 0.326 e. The number of urea groups is 1. The molecule has 0 saturated heterocycles. The number of hydrogen-bond acceptors (Lipinski definition) is 3. The maximum Gasteiger partial charge on any atom is 0.326 e. The largest absolute Gasteiger partial charge is 0.351 e. The minimum absolute atomic E-state index is 0.419. The van der Waals surface area contributed by atoms with Crippen LogP contribution in [-0.4, -0.2) is 12.1 Å². The molecular formula is C4H8N4O. The van der Waals surface area contributed by atoms with Crippen molar-refractivity contribution in [3.8, 4) is 6.07 Å². The van der Waals surface area contributed by atoms with Crippen LogP contribution in [0.1, 0.15) is 6.92 Å². The summed E-state index contributed by atoms with van der Waals surface area (Å²) in [5.41, 5.74) is 9.08. The molecule has 0 aliphatic rings. The van der Waals surface area contributed by atoms with E-state index in [9.17, 15) is 4.79 Å². The van der Waals surface area contributed by atoms with Gasteiger partial charge in [0.05, 0.1) is 6.07 Å². The average molecular weight is 128 g/mol. The van der Waals surface area contributed by atoms with Gasteiger partial charge in [0, 0.05) is 0 Å². The molecule has 0 aromatic carbocycles. The third-order valence-electron chi connectivity index (χ3n) is 0.606. The monoisotopic (exact) mass is 128 g/mol. The first-order chi connectivity index (χ1) is 4.16. The van der Waals surface area contributed by atoms with Gasteiger partial charge in [0.25, 0.3) is 0 Å². The van der Waals surface area contributed by atoms with E-state index in [4.69, 9.17) is 5.26 Å². The van der Waals surface area contributed by atoms with Crippen LogP contribution >= 0.6 is 0 Å². The van der Waals surface area contributed by atoms with E-state index < -0.39 is 12.1 Å². The lowest BCUT2D eigenvalue weighted by Crippen LogP contribution is -2.45. The summed E-state index contributed by atoms with van der Waals surface area (Å²) in [7, 11) is 0. The summed E-state index contributed by atoms with van der Waals surface area (Å²) in [4.78, 5) is 9.96. The second-order valence-corrected chi connectivity index (χ2v) is 1.48. The number of nitrogens with zero attached hydrogens (tertiary/aromatic N) is 1. The molecule has 50 valence electrons. The number of amides is 2. The lowest BCUT2D eigenvalue weighted by atomic mass is 10.4. The van der Waals surface area contributed by atoms with Crippen LogP contribution in [0.3, 0.4) is 0 Å². The maximum absolute atomic E-state index is 9.96. The predicted molar refractivity (Wildman–Crippen MR) is 30.9 cm³/mol. The topological polar surface area (TPSA) is 90.9 Å². The number of hydrazine groups is 1. The number of nitriles is 1. The molecule has 0 aromatic heterocycles. The summed E-state index contributed by atoms with van der Waals surface area (Å²) in [6.45, 7) is 1.59. The predicted octanol–water partition coefficient (Wildman–Crippen LogP) is -0.929. The summed E-state index contributed by atoms with van der Waals surface area (Å²) < 4.78 is 0. The normalized spacial score (nSPS) is 11.6. The first-order valence-electron chi connectivity index (χ1n) is 2.37. The van der Waals surface area contributed by atoms with Crippen LogP contribution in [-0.2, 0) is 0 Å². The van der Waals surface area contributed by atoms with Crippen LogP contribution in [0.15, 0.2) is 0 Å². The molecule has 0 fully saturated rings. The van der Waals surface area contributed by atoms with E-state index in [2.05, 4.69) is 16.6 Å². The molecule has 5 nitrogen and oxygen atoms in total. The Labute approximate surface area is 52.8 Å². The zero-order valence-electron chi connectivity index (χ0n) is 5.01. The SMILES string of the molecule is CC(C#N)NNC(N)=O. The minimum atomic E-state index is -0.697. The molecule has 5 heteroatoms. The molecule has 0 aliphatic carbocycles. The van der Waals surface area contributed by atoms with Gasteiger partial charge in [-0.15, -0.1) is 0 Å². The fourth-order valence-electron chi connectivity index (χ4n) is 0.212. The Kier molecular flexibility index (Phi) is 3.16. The van der Waals surface area contributed by atoms with Gasteiger partial charge in [-0.2, -0.15) is 5.26 Å². The van der Waals surface area contributed by atoms with Gasteiger partial charge in [-0.3, -0.25) is 5.43 Å². The Bertz CT molecular complexity index is 138. The number of primary amides is 1. The molecule has 0 heterocycles. The van der Waals surface area contributed by atoms with Gasteiger partial charge in [-0.25, -0.2) is 10.2 Å². The van der Waals surface area contributed by atoms with Gasteiger partial charge in [-0.05, 0) is 6.92 Å². The highest BCUT2D eigenvalue weighted by atomic mass is 16.2. The van der Waals surface area contributed by atoms with E-state index >= 15 is 0 Å². The summed E-state index contributed by atoms with van der Waals surface area (Å²) in [5.74, 6) is 0. The van der Waals surface area contributed by atoms with Crippen LogP contribution in [0.5, 0.6) is 0 Å². The summed E-state index contributed by atoms with van der Waals surface area (Å²) in [5, 5.41) is 8.14. The fraction of sp³-hybridized carbons (Fsp3) is 0.500. The standard InChI is InChI=1S/C4H8N4O/c1-3(2-5)7-8-4(6)9/h3,7H,1H3,(H3,6,8,9). The fourth-order valence-corrected chi connectivity index (χ4v) is 0.212. The molecule has 0 radical (unpaired) electrons. The van der Waals surface area contributed by atoms with Crippen LogP contribution in [0.2, 0.25) is 0 Å². The van der Waals surface area contributed by atoms with Crippen LogP contribution in [0, 0.1) is 11.3 Å². The van der Waals surface area contributed by atoms with E-state index in [0.29, 0.717) is 0 Å². The average Bonchev–Trinajstić information content (AvgIpc) is 1.83. The quantitative estimate of drug-likeness (QED) is 0.419. The van der Waals surface area contributed by atoms with Crippen molar-refractivity contribution in [1.29, 1.82) is 5.26 Å². The highest BCUT2D eigenvalue weighted by Gasteiger charge is 1.96. The van der Waals surface area contributed by atoms with Crippen molar-refractivity contribution in [3.05, 3.63) is 0 Å². The number of carbonyl (C=O) groups is 1. The summed E-state index contributed by atoms with van der Waals surface area (Å²) >= 11 is 0. The molecule has 4 N–H and O–H groups in total. The van der Waals surface area contributed by atoms with E-state index in [-0.39, 0.29) is 0 Å². The Morgan fingerprint density at radius 2 is 2.44 bits per heavy atom. The van der Waals surface area contributed by atoms with E-state index in [1.807, 2.05) is 6.07 Å². The van der Waals surface area contributed by atoms with Gasteiger partial charge >= 0.3 is 6.03 Å². The van der Waals surface area contributed by atoms with Gasteiger partial charge < -0.3 is 5.73 Å². The molecule has 1 atom stereocenters. The molecule has 0 aliphatic heterocycles. The molecule has 0 rings (SSSR count). The van der Waals surface area contributed by atoms with Gasteiger partial charge in [0.2, 0.25) is 0 Å². The number of rotatable bonds is 2. The molecular weight excluding hydrogens is 120 g/mol. The van der Waals surface area contributed by atoms with Crippen LogP contribution in [0.4, 0.5) is 4.79 Å². The van der Waals surface area contributed by atoms with Crippen molar-refractivity contribution < 1.29 is 4.79 Å². The molecule has 0 aromatic rings. The van der Waals surface area contributed by atoms with Gasteiger partial charge in [0.15, 0.2) is 0 Å². The van der Waals surface area contributed by atoms with E-state index in [0.717, 1.165) is 0 Å². The minimum Gasteiger partial charge on any atom is -0.351 e. The summed E-state index contributed by atoms with van der Waals surface area (Å²) in [6, 6.07) is 0.723. The van der Waals surface area contributed by atoms with Crippen molar-refractivity contribution in [2.75, 3.05) is 0 Å². The number of hydrogen-bond donors (Lipinski definition) is 3. The molecule has 0 bridgehead atoms. The zero-order valence-corrected chi connectivity index (χ0v) is 5.01. The highest BCUT2D eigenvalue weighted by molar-refractivity contribution is 5.70. The maximum atomic E-state index is 9.96. The highest BCUT2D eigenvalue weighted by Crippen LogP contribution is 1.69. The zero-order chi connectivity index (χ0) is 7.28. The van der Waals surface area contributed by atoms with E-state index in [1.54, 1.807) is 6.92 Å². The third-order valence-corrected chi connectivity index (χ3v) is 0.606. The number of nitrogens with one attached hydrogen (secondary N) is 2. The number of carbonyl (C=O) groups excluding carboxylic acids is 1. The first kappa shape index (κ1) is 7.72. The van der Waals surface area contributed by atoms with Crippen LogP contribution in [0.25, 0.3) is 0 Å². The van der Waals surface area contributed by atoms with Crippen molar-refractivity contribution in [3.63, 3.8) is 0 Å².